The number of anilines is 1. The lowest BCUT2D eigenvalue weighted by molar-refractivity contribution is 0.0273. The lowest BCUT2D eigenvalue weighted by Gasteiger charge is -2.24. The summed E-state index contributed by atoms with van der Waals surface area (Å²) in [6, 6.07) is 10.6. The molecule has 1 saturated carbocycles. The number of amides is 1. The van der Waals surface area contributed by atoms with Crippen molar-refractivity contribution in [1.29, 1.82) is 0 Å². The molecule has 0 saturated heterocycles. The Kier molecular flexibility index (Phi) is 6.55. The van der Waals surface area contributed by atoms with Gasteiger partial charge in [-0.3, -0.25) is 4.79 Å². The highest BCUT2D eigenvalue weighted by Crippen LogP contribution is 2.33. The molecule has 1 N–H and O–H groups in total. The zero-order chi connectivity index (χ0) is 20.1. The summed E-state index contributed by atoms with van der Waals surface area (Å²) in [5.74, 6) is 0.663. The highest BCUT2D eigenvalue weighted by molar-refractivity contribution is 5.95. The van der Waals surface area contributed by atoms with Gasteiger partial charge >= 0.3 is 0 Å². The van der Waals surface area contributed by atoms with Crippen LogP contribution in [0.4, 0.5) is 5.69 Å². The third kappa shape index (κ3) is 4.84. The van der Waals surface area contributed by atoms with Crippen LogP contribution >= 0.6 is 0 Å². The maximum Gasteiger partial charge on any atom is 0.254 e. The Labute approximate surface area is 173 Å². The van der Waals surface area contributed by atoms with Gasteiger partial charge in [-0.15, -0.1) is 0 Å². The molecule has 2 aliphatic rings. The largest absolute Gasteiger partial charge is 0.467 e. The standard InChI is InChI=1S/C24H32N2O3/c1-18-16-19-8-5-6-11-22(19)26(18)17-23-21(12-15-29-23)24(27)25-13-7-14-28-20-9-3-2-4-10-20/h5-6,8,11-12,15,18,20H,2-4,7,9-10,13-14,16-17H2,1H3,(H,25,27). The minimum atomic E-state index is -0.0634. The number of hydrogen-bond donors (Lipinski definition) is 1. The fourth-order valence-corrected chi connectivity index (χ4v) is 4.54. The number of benzene rings is 1. The van der Waals surface area contributed by atoms with Crippen LogP contribution in [-0.4, -0.2) is 31.2 Å². The van der Waals surface area contributed by atoms with Crippen molar-refractivity contribution in [3.63, 3.8) is 0 Å². The molecule has 1 aromatic heterocycles. The van der Waals surface area contributed by atoms with E-state index >= 15 is 0 Å². The van der Waals surface area contributed by atoms with Crippen LogP contribution < -0.4 is 10.2 Å². The molecule has 5 heteroatoms. The first-order valence-electron chi connectivity index (χ1n) is 11.0. The van der Waals surface area contributed by atoms with E-state index in [4.69, 9.17) is 9.15 Å². The Hall–Kier alpha value is -2.27. The number of furan rings is 1. The van der Waals surface area contributed by atoms with Gasteiger partial charge in [0.2, 0.25) is 0 Å². The molecule has 2 aromatic rings. The first-order valence-corrected chi connectivity index (χ1v) is 11.0. The maximum absolute atomic E-state index is 12.7. The normalized spacial score (nSPS) is 19.3. The molecule has 1 aliphatic carbocycles. The fourth-order valence-electron chi connectivity index (χ4n) is 4.54. The van der Waals surface area contributed by atoms with Crippen LogP contribution in [0.3, 0.4) is 0 Å². The van der Waals surface area contributed by atoms with E-state index in [0.29, 0.717) is 37.4 Å². The van der Waals surface area contributed by atoms with Gasteiger partial charge < -0.3 is 19.4 Å². The average Bonchev–Trinajstić information content (AvgIpc) is 3.33. The number of carbonyl (C=O) groups excluding carboxylic acids is 1. The second-order valence-corrected chi connectivity index (χ2v) is 8.31. The lowest BCUT2D eigenvalue weighted by atomic mass is 9.98. The van der Waals surface area contributed by atoms with Crippen molar-refractivity contribution in [3.8, 4) is 0 Å². The highest BCUT2D eigenvalue weighted by atomic mass is 16.5. The maximum atomic E-state index is 12.7. The first kappa shape index (κ1) is 20.0. The lowest BCUT2D eigenvalue weighted by Crippen LogP contribution is -2.31. The Balaban J connectivity index is 1.27. The summed E-state index contributed by atoms with van der Waals surface area (Å²) in [6.07, 6.45) is 10.2. The second kappa shape index (κ2) is 9.49. The molecule has 0 bridgehead atoms. The van der Waals surface area contributed by atoms with Gasteiger partial charge in [0.25, 0.3) is 5.91 Å². The molecule has 0 radical (unpaired) electrons. The van der Waals surface area contributed by atoms with E-state index in [2.05, 4.69) is 41.4 Å². The topological polar surface area (TPSA) is 54.7 Å². The van der Waals surface area contributed by atoms with Crippen molar-refractivity contribution in [2.45, 2.75) is 70.6 Å². The molecule has 156 valence electrons. The zero-order valence-corrected chi connectivity index (χ0v) is 17.4. The minimum Gasteiger partial charge on any atom is -0.467 e. The summed E-state index contributed by atoms with van der Waals surface area (Å²) < 4.78 is 11.6. The molecule has 1 aromatic carbocycles. The van der Waals surface area contributed by atoms with Gasteiger partial charge in [0, 0.05) is 24.9 Å². The van der Waals surface area contributed by atoms with Gasteiger partial charge in [-0.05, 0) is 50.3 Å². The van der Waals surface area contributed by atoms with Crippen molar-refractivity contribution >= 4 is 11.6 Å². The third-order valence-corrected chi connectivity index (χ3v) is 6.16. The summed E-state index contributed by atoms with van der Waals surface area (Å²) in [5.41, 5.74) is 3.23. The van der Waals surface area contributed by atoms with Crippen LogP contribution in [0.5, 0.6) is 0 Å². The Morgan fingerprint density at radius 3 is 2.90 bits per heavy atom. The van der Waals surface area contributed by atoms with E-state index in [1.165, 1.54) is 43.4 Å². The molecule has 4 rings (SSSR count). The predicted octanol–water partition coefficient (Wildman–Crippen LogP) is 4.70. The molecule has 0 spiro atoms. The summed E-state index contributed by atoms with van der Waals surface area (Å²) in [5, 5.41) is 3.02. The van der Waals surface area contributed by atoms with Crippen molar-refractivity contribution < 1.29 is 13.9 Å². The molecule has 1 aliphatic heterocycles. The third-order valence-electron chi connectivity index (χ3n) is 6.16. The van der Waals surface area contributed by atoms with Gasteiger partial charge in [0.05, 0.1) is 24.5 Å². The molecule has 1 fully saturated rings. The number of ether oxygens (including phenoxy) is 1. The van der Waals surface area contributed by atoms with Crippen LogP contribution in [0, 0.1) is 0 Å². The molecule has 1 unspecified atom stereocenters. The van der Waals surface area contributed by atoms with Crippen molar-refractivity contribution in [1.82, 2.24) is 5.32 Å². The number of nitrogens with zero attached hydrogens (tertiary/aromatic N) is 1. The quantitative estimate of drug-likeness (QED) is 0.657. The van der Waals surface area contributed by atoms with Crippen molar-refractivity contribution in [3.05, 3.63) is 53.5 Å². The van der Waals surface area contributed by atoms with Gasteiger partial charge in [-0.1, -0.05) is 37.5 Å². The van der Waals surface area contributed by atoms with Crippen LogP contribution in [0.1, 0.15) is 67.1 Å². The Morgan fingerprint density at radius 1 is 1.21 bits per heavy atom. The van der Waals surface area contributed by atoms with Gasteiger partial charge in [0.1, 0.15) is 5.76 Å². The van der Waals surface area contributed by atoms with Gasteiger partial charge in [-0.2, -0.15) is 0 Å². The summed E-state index contributed by atoms with van der Waals surface area (Å²) in [4.78, 5) is 15.0. The van der Waals surface area contributed by atoms with Crippen LogP contribution in [0.15, 0.2) is 41.0 Å². The van der Waals surface area contributed by atoms with Crippen molar-refractivity contribution in [2.75, 3.05) is 18.1 Å². The zero-order valence-electron chi connectivity index (χ0n) is 17.4. The first-order chi connectivity index (χ1) is 14.2. The number of nitrogens with one attached hydrogen (secondary N) is 1. The molecule has 5 nitrogen and oxygen atoms in total. The van der Waals surface area contributed by atoms with E-state index < -0.39 is 0 Å². The fraction of sp³-hybridized carbons (Fsp3) is 0.542. The molecule has 29 heavy (non-hydrogen) atoms. The van der Waals surface area contributed by atoms with Crippen molar-refractivity contribution in [2.24, 2.45) is 0 Å². The SMILES string of the molecule is CC1Cc2ccccc2N1Cc1occc1C(=O)NCCCOC1CCCCC1. The highest BCUT2D eigenvalue weighted by Gasteiger charge is 2.27. The Morgan fingerprint density at radius 2 is 2.03 bits per heavy atom. The number of fused-ring (bicyclic) bond motifs is 1. The smallest absolute Gasteiger partial charge is 0.254 e. The minimum absolute atomic E-state index is 0.0634. The second-order valence-electron chi connectivity index (χ2n) is 8.31. The number of hydrogen-bond acceptors (Lipinski definition) is 4. The number of rotatable bonds is 8. The monoisotopic (exact) mass is 396 g/mol. The van der Waals surface area contributed by atoms with E-state index in [-0.39, 0.29) is 5.91 Å². The molecule has 2 heterocycles. The molecular weight excluding hydrogens is 364 g/mol. The predicted molar refractivity (Wildman–Crippen MR) is 114 cm³/mol. The van der Waals surface area contributed by atoms with Crippen LogP contribution in [0.25, 0.3) is 0 Å². The van der Waals surface area contributed by atoms with E-state index in [9.17, 15) is 4.79 Å². The summed E-state index contributed by atoms with van der Waals surface area (Å²) in [7, 11) is 0. The Bertz CT molecular complexity index is 810. The van der Waals surface area contributed by atoms with E-state index in [1.807, 2.05) is 0 Å². The van der Waals surface area contributed by atoms with Crippen LogP contribution in [-0.2, 0) is 17.7 Å². The average molecular weight is 397 g/mol. The molecule has 1 amide bonds. The number of para-hydroxylation sites is 1. The van der Waals surface area contributed by atoms with E-state index in [1.54, 1.807) is 12.3 Å². The van der Waals surface area contributed by atoms with E-state index in [0.717, 1.165) is 18.6 Å². The van der Waals surface area contributed by atoms with Gasteiger partial charge in [0.15, 0.2) is 0 Å². The van der Waals surface area contributed by atoms with Crippen LogP contribution in [0.2, 0.25) is 0 Å². The molecule has 1 atom stereocenters. The van der Waals surface area contributed by atoms with Gasteiger partial charge in [-0.25, -0.2) is 0 Å². The summed E-state index contributed by atoms with van der Waals surface area (Å²) in [6.45, 7) is 4.16. The molecular formula is C24H32N2O3. The summed E-state index contributed by atoms with van der Waals surface area (Å²) >= 11 is 0. The number of carbonyl (C=O) groups is 1.